The number of piperidine rings is 1. The first-order valence-electron chi connectivity index (χ1n) is 10.8. The number of nitrogens with zero attached hydrogens (tertiary/aromatic N) is 3. The average Bonchev–Trinajstić information content (AvgIpc) is 3.25. The molecule has 28 heavy (non-hydrogen) atoms. The zero-order chi connectivity index (χ0) is 19.3. The Morgan fingerprint density at radius 2 is 1.89 bits per heavy atom. The van der Waals surface area contributed by atoms with Gasteiger partial charge in [0.25, 0.3) is 5.91 Å². The second kappa shape index (κ2) is 9.35. The second-order valence-electron chi connectivity index (χ2n) is 8.58. The number of ether oxygens (including phenoxy) is 1. The van der Waals surface area contributed by atoms with Gasteiger partial charge in [0.05, 0.1) is 6.61 Å². The van der Waals surface area contributed by atoms with Crippen molar-refractivity contribution in [3.05, 3.63) is 35.4 Å². The van der Waals surface area contributed by atoms with E-state index in [2.05, 4.69) is 39.2 Å². The molecular formula is C22H34N4O2. The molecule has 3 aliphatic rings. The van der Waals surface area contributed by atoms with Gasteiger partial charge in [0, 0.05) is 70.1 Å². The molecule has 1 amide bonds. The van der Waals surface area contributed by atoms with Crippen LogP contribution in [0.15, 0.2) is 24.3 Å². The van der Waals surface area contributed by atoms with Crippen LogP contribution in [0, 0.1) is 0 Å². The molecule has 3 aliphatic heterocycles. The third-order valence-corrected chi connectivity index (χ3v) is 6.48. The Morgan fingerprint density at radius 3 is 2.61 bits per heavy atom. The summed E-state index contributed by atoms with van der Waals surface area (Å²) in [5, 5.41) is 3.27. The number of carbonyl (C=O) groups excluding carboxylic acids is 1. The Kier molecular flexibility index (Phi) is 6.62. The highest BCUT2D eigenvalue weighted by Crippen LogP contribution is 2.19. The van der Waals surface area contributed by atoms with Crippen molar-refractivity contribution in [2.45, 2.75) is 37.9 Å². The summed E-state index contributed by atoms with van der Waals surface area (Å²) in [4.78, 5) is 20.1. The molecule has 6 nitrogen and oxygen atoms in total. The van der Waals surface area contributed by atoms with E-state index in [4.69, 9.17) is 4.74 Å². The van der Waals surface area contributed by atoms with Crippen LogP contribution in [0.2, 0.25) is 0 Å². The third-order valence-electron chi connectivity index (χ3n) is 6.48. The van der Waals surface area contributed by atoms with Gasteiger partial charge >= 0.3 is 0 Å². The fourth-order valence-corrected chi connectivity index (χ4v) is 4.56. The van der Waals surface area contributed by atoms with Crippen LogP contribution < -0.4 is 5.32 Å². The highest BCUT2D eigenvalue weighted by atomic mass is 16.5. The summed E-state index contributed by atoms with van der Waals surface area (Å²) in [5.41, 5.74) is 2.02. The van der Waals surface area contributed by atoms with Crippen molar-refractivity contribution in [2.75, 3.05) is 59.5 Å². The van der Waals surface area contributed by atoms with Crippen LogP contribution in [0.4, 0.5) is 0 Å². The van der Waals surface area contributed by atoms with Crippen LogP contribution in [0.1, 0.15) is 35.2 Å². The summed E-state index contributed by atoms with van der Waals surface area (Å²) in [7, 11) is 2.17. The summed E-state index contributed by atoms with van der Waals surface area (Å²) < 4.78 is 5.51. The van der Waals surface area contributed by atoms with Gasteiger partial charge in [0.2, 0.25) is 0 Å². The molecule has 0 radical (unpaired) electrons. The van der Waals surface area contributed by atoms with Crippen LogP contribution in [-0.2, 0) is 11.3 Å². The Hall–Kier alpha value is -1.47. The zero-order valence-electron chi connectivity index (χ0n) is 17.1. The maximum Gasteiger partial charge on any atom is 0.251 e. The van der Waals surface area contributed by atoms with Crippen molar-refractivity contribution in [2.24, 2.45) is 0 Å². The van der Waals surface area contributed by atoms with E-state index >= 15 is 0 Å². The molecule has 6 heteroatoms. The first-order valence-corrected chi connectivity index (χ1v) is 10.8. The van der Waals surface area contributed by atoms with Crippen LogP contribution in [0.25, 0.3) is 0 Å². The maximum atomic E-state index is 12.8. The van der Waals surface area contributed by atoms with Gasteiger partial charge in [-0.05, 0) is 44.0 Å². The van der Waals surface area contributed by atoms with Crippen molar-refractivity contribution < 1.29 is 9.53 Å². The van der Waals surface area contributed by atoms with Gasteiger partial charge in [-0.3, -0.25) is 14.6 Å². The van der Waals surface area contributed by atoms with Crippen LogP contribution >= 0.6 is 0 Å². The molecule has 0 aromatic heterocycles. The van der Waals surface area contributed by atoms with Crippen molar-refractivity contribution in [1.29, 1.82) is 0 Å². The fourth-order valence-electron chi connectivity index (χ4n) is 4.56. The van der Waals surface area contributed by atoms with E-state index in [9.17, 15) is 4.79 Å². The minimum atomic E-state index is 0.0721. The average molecular weight is 387 g/mol. The van der Waals surface area contributed by atoms with Gasteiger partial charge in [0.1, 0.15) is 0 Å². The zero-order valence-corrected chi connectivity index (χ0v) is 17.1. The molecule has 4 rings (SSSR count). The van der Waals surface area contributed by atoms with E-state index in [0.717, 1.165) is 83.9 Å². The van der Waals surface area contributed by atoms with E-state index in [1.807, 2.05) is 12.1 Å². The molecule has 1 unspecified atom stereocenters. The molecule has 3 saturated heterocycles. The predicted octanol–water partition coefficient (Wildman–Crippen LogP) is 1.42. The SMILES string of the molecule is CN1CCN(Cc2cccc(C(=O)NC3CCN(C4CCOC4)CC3)c2)CC1. The van der Waals surface area contributed by atoms with Gasteiger partial charge < -0.3 is 15.0 Å². The summed E-state index contributed by atoms with van der Waals surface area (Å²) in [6.45, 7) is 9.23. The monoisotopic (exact) mass is 386 g/mol. The summed E-state index contributed by atoms with van der Waals surface area (Å²) in [5.74, 6) is 0.0721. The van der Waals surface area contributed by atoms with Crippen LogP contribution in [0.5, 0.6) is 0 Å². The van der Waals surface area contributed by atoms with Crippen molar-refractivity contribution >= 4 is 5.91 Å². The van der Waals surface area contributed by atoms with E-state index in [0.29, 0.717) is 6.04 Å². The number of benzene rings is 1. The molecule has 0 aliphatic carbocycles. The van der Waals surface area contributed by atoms with Crippen molar-refractivity contribution in [1.82, 2.24) is 20.0 Å². The fraction of sp³-hybridized carbons (Fsp3) is 0.682. The number of rotatable bonds is 5. The van der Waals surface area contributed by atoms with E-state index in [1.165, 1.54) is 5.56 Å². The van der Waals surface area contributed by atoms with Gasteiger partial charge in [0.15, 0.2) is 0 Å². The number of piperazine rings is 1. The van der Waals surface area contributed by atoms with Crippen LogP contribution in [0.3, 0.4) is 0 Å². The maximum absolute atomic E-state index is 12.8. The second-order valence-corrected chi connectivity index (χ2v) is 8.58. The van der Waals surface area contributed by atoms with Gasteiger partial charge in [-0.15, -0.1) is 0 Å². The topological polar surface area (TPSA) is 48.0 Å². The summed E-state index contributed by atoms with van der Waals surface area (Å²) >= 11 is 0. The molecule has 3 heterocycles. The van der Waals surface area contributed by atoms with Gasteiger partial charge in [-0.2, -0.15) is 0 Å². The molecule has 154 valence electrons. The number of nitrogens with one attached hydrogen (secondary N) is 1. The van der Waals surface area contributed by atoms with Gasteiger partial charge in [-0.25, -0.2) is 0 Å². The Bertz CT molecular complexity index is 646. The quantitative estimate of drug-likeness (QED) is 0.829. The molecule has 0 saturated carbocycles. The first kappa shape index (κ1) is 19.8. The number of likely N-dealkylation sites (tertiary alicyclic amines) is 1. The third kappa shape index (κ3) is 5.11. The molecule has 0 spiro atoms. The Balaban J connectivity index is 1.26. The smallest absolute Gasteiger partial charge is 0.251 e. The number of amides is 1. The number of hydrogen-bond acceptors (Lipinski definition) is 5. The lowest BCUT2D eigenvalue weighted by atomic mass is 10.0. The lowest BCUT2D eigenvalue weighted by Crippen LogP contribution is -2.48. The first-order chi connectivity index (χ1) is 13.7. The minimum absolute atomic E-state index is 0.0721. The van der Waals surface area contributed by atoms with Crippen molar-refractivity contribution in [3.63, 3.8) is 0 Å². The van der Waals surface area contributed by atoms with E-state index in [1.54, 1.807) is 0 Å². The lowest BCUT2D eigenvalue weighted by molar-refractivity contribution is 0.0875. The molecule has 3 fully saturated rings. The molecule has 1 atom stereocenters. The largest absolute Gasteiger partial charge is 0.380 e. The molecule has 1 N–H and O–H groups in total. The van der Waals surface area contributed by atoms with E-state index in [-0.39, 0.29) is 11.9 Å². The van der Waals surface area contributed by atoms with Crippen molar-refractivity contribution in [3.8, 4) is 0 Å². The molecule has 1 aromatic rings. The summed E-state index contributed by atoms with van der Waals surface area (Å²) in [6.07, 6.45) is 3.21. The number of carbonyl (C=O) groups is 1. The predicted molar refractivity (Wildman–Crippen MR) is 111 cm³/mol. The highest BCUT2D eigenvalue weighted by molar-refractivity contribution is 5.94. The molecular weight excluding hydrogens is 352 g/mol. The molecule has 1 aromatic carbocycles. The normalized spacial score (nSPS) is 25.8. The van der Waals surface area contributed by atoms with E-state index < -0.39 is 0 Å². The van der Waals surface area contributed by atoms with Gasteiger partial charge in [-0.1, -0.05) is 12.1 Å². The van der Waals surface area contributed by atoms with Crippen LogP contribution in [-0.4, -0.2) is 92.2 Å². The molecule has 0 bridgehead atoms. The Morgan fingerprint density at radius 1 is 1.11 bits per heavy atom. The number of hydrogen-bond donors (Lipinski definition) is 1. The lowest BCUT2D eigenvalue weighted by Gasteiger charge is -2.35. The Labute approximate surface area is 168 Å². The standard InChI is InChI=1S/C22H34N4O2/c1-24-10-12-25(13-11-24)16-18-3-2-4-19(15-18)22(27)23-20-5-8-26(9-6-20)21-7-14-28-17-21/h2-4,15,20-21H,5-14,16-17H2,1H3,(H,23,27). The highest BCUT2D eigenvalue weighted by Gasteiger charge is 2.28. The minimum Gasteiger partial charge on any atom is -0.380 e. The summed E-state index contributed by atoms with van der Waals surface area (Å²) in [6, 6.07) is 9.03. The number of likely N-dealkylation sites (N-methyl/N-ethyl adjacent to an activating group) is 1.